The number of aromatic nitrogens is 1. The van der Waals surface area contributed by atoms with Crippen molar-refractivity contribution >= 4 is 43.0 Å². The lowest BCUT2D eigenvalue weighted by Gasteiger charge is -2.12. The van der Waals surface area contributed by atoms with Crippen LogP contribution in [0.1, 0.15) is 0 Å². The number of rotatable bonds is 5. The van der Waals surface area contributed by atoms with Crippen molar-refractivity contribution < 1.29 is 18.1 Å². The maximum Gasteiger partial charge on any atom is 0.273 e. The van der Waals surface area contributed by atoms with E-state index in [1.807, 2.05) is 0 Å². The summed E-state index contributed by atoms with van der Waals surface area (Å²) in [6, 6.07) is 8.81. The summed E-state index contributed by atoms with van der Waals surface area (Å²) in [6.45, 7) is 0. The van der Waals surface area contributed by atoms with Crippen LogP contribution in [0.15, 0.2) is 41.9 Å². The number of nitro benzene ring substituents is 1. The molecule has 3 rings (SSSR count). The minimum Gasteiger partial charge on any atom is -0.455 e. The molecule has 0 unspecified atom stereocenters. The van der Waals surface area contributed by atoms with Gasteiger partial charge in [0.1, 0.15) is 5.75 Å². The highest BCUT2D eigenvalue weighted by atomic mass is 32.2. The summed E-state index contributed by atoms with van der Waals surface area (Å²) >= 11 is 1.42. The van der Waals surface area contributed by atoms with Gasteiger partial charge in [0.15, 0.2) is 5.75 Å². The number of ether oxygens (including phenoxy) is 1. The molecule has 8 nitrogen and oxygen atoms in total. The van der Waals surface area contributed by atoms with E-state index < -0.39 is 14.9 Å². The Bertz CT molecular complexity index is 1030. The largest absolute Gasteiger partial charge is 0.455 e. The third-order valence-electron chi connectivity index (χ3n) is 3.00. The van der Waals surface area contributed by atoms with Gasteiger partial charge in [-0.15, -0.1) is 11.3 Å². The minimum absolute atomic E-state index is 0.0403. The van der Waals surface area contributed by atoms with E-state index in [9.17, 15) is 18.5 Å². The molecule has 0 fully saturated rings. The number of benzene rings is 2. The van der Waals surface area contributed by atoms with E-state index in [0.29, 0.717) is 5.75 Å². The second-order valence-corrected chi connectivity index (χ2v) is 7.53. The Morgan fingerprint density at radius 3 is 2.75 bits per heavy atom. The number of fused-ring (bicyclic) bond motifs is 1. The molecule has 0 radical (unpaired) electrons. The predicted octanol–water partition coefficient (Wildman–Crippen LogP) is 3.37. The van der Waals surface area contributed by atoms with Crippen molar-refractivity contribution in [1.29, 1.82) is 0 Å². The van der Waals surface area contributed by atoms with Crippen molar-refractivity contribution in [3.8, 4) is 11.5 Å². The standard InChI is InChI=1S/C14H11N3O5S2/c1-24(20,21)16-11-4-2-9(17(18)19)6-13(11)22-10-3-5-12-14(7-10)23-8-15-12/h2-8,16H,1H3. The van der Waals surface area contributed by atoms with Crippen LogP contribution in [-0.4, -0.2) is 24.6 Å². The van der Waals surface area contributed by atoms with E-state index in [4.69, 9.17) is 4.74 Å². The summed E-state index contributed by atoms with van der Waals surface area (Å²) in [5.74, 6) is 0.460. The van der Waals surface area contributed by atoms with Crippen molar-refractivity contribution in [2.24, 2.45) is 0 Å². The van der Waals surface area contributed by atoms with Gasteiger partial charge >= 0.3 is 0 Å². The van der Waals surface area contributed by atoms with Gasteiger partial charge in [-0.3, -0.25) is 14.8 Å². The first-order chi connectivity index (χ1) is 11.3. The summed E-state index contributed by atoms with van der Waals surface area (Å²) in [7, 11) is -3.56. The van der Waals surface area contributed by atoms with Crippen molar-refractivity contribution in [3.63, 3.8) is 0 Å². The zero-order valence-corrected chi connectivity index (χ0v) is 13.9. The zero-order chi connectivity index (χ0) is 17.3. The second-order valence-electron chi connectivity index (χ2n) is 4.90. The van der Waals surface area contributed by atoms with E-state index in [1.165, 1.54) is 29.5 Å². The van der Waals surface area contributed by atoms with E-state index >= 15 is 0 Å². The highest BCUT2D eigenvalue weighted by molar-refractivity contribution is 7.92. The normalized spacial score (nSPS) is 11.4. The molecule has 1 N–H and O–H groups in total. The lowest BCUT2D eigenvalue weighted by atomic mass is 10.2. The maximum atomic E-state index is 11.5. The molecule has 0 aliphatic rings. The van der Waals surface area contributed by atoms with Gasteiger partial charge in [0, 0.05) is 12.1 Å². The number of non-ortho nitro benzene ring substituents is 1. The van der Waals surface area contributed by atoms with Crippen LogP contribution in [0.4, 0.5) is 11.4 Å². The molecule has 0 saturated carbocycles. The zero-order valence-electron chi connectivity index (χ0n) is 12.3. The first-order valence-electron chi connectivity index (χ1n) is 6.59. The number of nitrogens with one attached hydrogen (secondary N) is 1. The Kier molecular flexibility index (Phi) is 4.08. The molecule has 10 heteroatoms. The first kappa shape index (κ1) is 16.1. The van der Waals surface area contributed by atoms with Gasteiger partial charge in [0.05, 0.1) is 38.7 Å². The molecule has 0 aliphatic heterocycles. The fourth-order valence-electron chi connectivity index (χ4n) is 2.02. The number of hydrogen-bond acceptors (Lipinski definition) is 7. The Hall–Kier alpha value is -2.72. The monoisotopic (exact) mass is 365 g/mol. The lowest BCUT2D eigenvalue weighted by Crippen LogP contribution is -2.10. The molecule has 2 aromatic carbocycles. The van der Waals surface area contributed by atoms with Gasteiger partial charge in [0.2, 0.25) is 10.0 Å². The molecule has 0 saturated heterocycles. The predicted molar refractivity (Wildman–Crippen MR) is 91.3 cm³/mol. The Morgan fingerprint density at radius 1 is 1.25 bits per heavy atom. The van der Waals surface area contributed by atoms with Crippen molar-refractivity contribution in [1.82, 2.24) is 4.98 Å². The summed E-state index contributed by atoms with van der Waals surface area (Å²) in [4.78, 5) is 14.5. The molecule has 1 heterocycles. The van der Waals surface area contributed by atoms with Crippen LogP contribution in [0.5, 0.6) is 11.5 Å². The molecule has 1 aromatic heterocycles. The lowest BCUT2D eigenvalue weighted by molar-refractivity contribution is -0.384. The van der Waals surface area contributed by atoms with Gasteiger partial charge < -0.3 is 4.74 Å². The van der Waals surface area contributed by atoms with Gasteiger partial charge in [-0.05, 0) is 18.2 Å². The molecule has 0 spiro atoms. The fraction of sp³-hybridized carbons (Fsp3) is 0.0714. The second kappa shape index (κ2) is 6.06. The molecule has 124 valence electrons. The summed E-state index contributed by atoms with van der Waals surface area (Å²) < 4.78 is 31.8. The number of nitro groups is 1. The highest BCUT2D eigenvalue weighted by Crippen LogP contribution is 2.35. The Balaban J connectivity index is 2.02. The van der Waals surface area contributed by atoms with E-state index in [2.05, 4.69) is 9.71 Å². The number of sulfonamides is 1. The van der Waals surface area contributed by atoms with Crippen LogP contribution >= 0.6 is 11.3 Å². The fourth-order valence-corrected chi connectivity index (χ4v) is 3.29. The molecule has 0 atom stereocenters. The van der Waals surface area contributed by atoms with Crippen molar-refractivity contribution in [2.45, 2.75) is 0 Å². The summed E-state index contributed by atoms with van der Waals surface area (Å²) in [5, 5.41) is 10.9. The number of thiazole rings is 1. The summed E-state index contributed by atoms with van der Waals surface area (Å²) in [5.41, 5.74) is 2.41. The maximum absolute atomic E-state index is 11.5. The SMILES string of the molecule is CS(=O)(=O)Nc1ccc([N+](=O)[O-])cc1Oc1ccc2ncsc2c1. The van der Waals surface area contributed by atoms with E-state index in [0.717, 1.165) is 16.5 Å². The topological polar surface area (TPSA) is 111 Å². The van der Waals surface area contributed by atoms with Gasteiger partial charge in [-0.1, -0.05) is 0 Å². The van der Waals surface area contributed by atoms with Gasteiger partial charge in [-0.2, -0.15) is 0 Å². The van der Waals surface area contributed by atoms with Crippen LogP contribution in [0.2, 0.25) is 0 Å². The van der Waals surface area contributed by atoms with Crippen LogP contribution in [0.25, 0.3) is 10.2 Å². The Labute approximate surface area is 140 Å². The minimum atomic E-state index is -3.56. The van der Waals surface area contributed by atoms with Crippen LogP contribution in [-0.2, 0) is 10.0 Å². The number of anilines is 1. The third kappa shape index (κ3) is 3.60. The van der Waals surface area contributed by atoms with Gasteiger partial charge in [-0.25, -0.2) is 13.4 Å². The molecule has 0 aliphatic carbocycles. The van der Waals surface area contributed by atoms with E-state index in [-0.39, 0.29) is 17.1 Å². The van der Waals surface area contributed by atoms with Crippen LogP contribution in [0.3, 0.4) is 0 Å². The molecule has 24 heavy (non-hydrogen) atoms. The van der Waals surface area contributed by atoms with Gasteiger partial charge in [0.25, 0.3) is 5.69 Å². The van der Waals surface area contributed by atoms with Crippen LogP contribution in [0, 0.1) is 10.1 Å². The highest BCUT2D eigenvalue weighted by Gasteiger charge is 2.15. The average molecular weight is 365 g/mol. The molecular weight excluding hydrogens is 354 g/mol. The summed E-state index contributed by atoms with van der Waals surface area (Å²) in [6.07, 6.45) is 0.988. The van der Waals surface area contributed by atoms with Crippen molar-refractivity contribution in [2.75, 3.05) is 11.0 Å². The smallest absolute Gasteiger partial charge is 0.273 e. The third-order valence-corrected chi connectivity index (χ3v) is 4.38. The molecular formula is C14H11N3O5S2. The van der Waals surface area contributed by atoms with E-state index in [1.54, 1.807) is 23.7 Å². The number of nitrogens with zero attached hydrogens (tertiary/aromatic N) is 2. The number of hydrogen-bond donors (Lipinski definition) is 1. The quantitative estimate of drug-likeness (QED) is 0.548. The Morgan fingerprint density at radius 2 is 2.04 bits per heavy atom. The molecule has 0 amide bonds. The molecule has 3 aromatic rings. The van der Waals surface area contributed by atoms with Crippen LogP contribution < -0.4 is 9.46 Å². The first-order valence-corrected chi connectivity index (χ1v) is 9.36. The average Bonchev–Trinajstić information content (AvgIpc) is 2.95. The molecule has 0 bridgehead atoms. The van der Waals surface area contributed by atoms with Crippen molar-refractivity contribution in [3.05, 3.63) is 52.0 Å².